The maximum Gasteiger partial charge on any atom is 0.240 e. The van der Waals surface area contributed by atoms with Crippen LogP contribution in [0.25, 0.3) is 0 Å². The van der Waals surface area contributed by atoms with Gasteiger partial charge in [-0.25, -0.2) is 13.1 Å². The quantitative estimate of drug-likeness (QED) is 0.728. The van der Waals surface area contributed by atoms with Crippen molar-refractivity contribution in [2.24, 2.45) is 0 Å². The Morgan fingerprint density at radius 3 is 2.32 bits per heavy atom. The molecular weight excluding hydrogens is 342 g/mol. The van der Waals surface area contributed by atoms with Gasteiger partial charge in [0.15, 0.2) is 11.5 Å². The van der Waals surface area contributed by atoms with E-state index in [4.69, 9.17) is 14.2 Å². The summed E-state index contributed by atoms with van der Waals surface area (Å²) in [7, 11) is -0.703. The Kier molecular flexibility index (Phi) is 6.27. The van der Waals surface area contributed by atoms with E-state index in [2.05, 4.69) is 4.72 Å². The minimum Gasteiger partial charge on any atom is -0.493 e. The lowest BCUT2D eigenvalue weighted by molar-refractivity contribution is 0.320. The van der Waals surface area contributed by atoms with Crippen molar-refractivity contribution >= 4 is 10.0 Å². The predicted octanol–water partition coefficient (Wildman–Crippen LogP) is 2.68. The summed E-state index contributed by atoms with van der Waals surface area (Å²) in [6, 6.07) is 10.3. The summed E-state index contributed by atoms with van der Waals surface area (Å²) in [5.74, 6) is 1.59. The second-order valence-electron chi connectivity index (χ2n) is 5.53. The van der Waals surface area contributed by atoms with Crippen LogP contribution in [-0.4, -0.2) is 35.8 Å². The Hall–Kier alpha value is -2.25. The predicted molar refractivity (Wildman–Crippen MR) is 96.1 cm³/mol. The zero-order valence-electron chi connectivity index (χ0n) is 14.8. The van der Waals surface area contributed by atoms with Crippen LogP contribution in [0.3, 0.4) is 0 Å². The van der Waals surface area contributed by atoms with Crippen LogP contribution in [0.1, 0.15) is 11.1 Å². The van der Waals surface area contributed by atoms with Gasteiger partial charge in [0.2, 0.25) is 10.0 Å². The number of hydrogen-bond acceptors (Lipinski definition) is 5. The molecule has 0 aliphatic carbocycles. The van der Waals surface area contributed by atoms with E-state index in [0.29, 0.717) is 11.5 Å². The van der Waals surface area contributed by atoms with Crippen molar-refractivity contribution in [3.63, 3.8) is 0 Å². The van der Waals surface area contributed by atoms with Crippen LogP contribution >= 0.6 is 0 Å². The van der Waals surface area contributed by atoms with E-state index in [0.717, 1.165) is 16.9 Å². The van der Waals surface area contributed by atoms with Crippen molar-refractivity contribution in [3.05, 3.63) is 47.5 Å². The summed E-state index contributed by atoms with van der Waals surface area (Å²) in [4.78, 5) is 0.108. The van der Waals surface area contributed by atoms with Crippen LogP contribution < -0.4 is 18.9 Å². The molecule has 2 aromatic rings. The van der Waals surface area contributed by atoms with Crippen molar-refractivity contribution in [1.82, 2.24) is 4.72 Å². The Balaban J connectivity index is 1.99. The molecule has 0 aromatic heterocycles. The first-order valence-electron chi connectivity index (χ1n) is 7.79. The monoisotopic (exact) mass is 365 g/mol. The molecule has 136 valence electrons. The molecule has 0 saturated carbocycles. The largest absolute Gasteiger partial charge is 0.493 e. The minimum atomic E-state index is -3.66. The number of nitrogens with one attached hydrogen (secondary N) is 1. The Bertz CT molecular complexity index is 833. The molecule has 0 bridgehead atoms. The zero-order chi connectivity index (χ0) is 18.4. The molecule has 6 nitrogen and oxygen atoms in total. The number of methoxy groups -OCH3 is 2. The molecule has 7 heteroatoms. The molecule has 0 aliphatic rings. The van der Waals surface area contributed by atoms with Crippen LogP contribution in [0.2, 0.25) is 0 Å². The van der Waals surface area contributed by atoms with Gasteiger partial charge in [0, 0.05) is 12.6 Å². The molecule has 0 saturated heterocycles. The third-order valence-electron chi connectivity index (χ3n) is 3.66. The van der Waals surface area contributed by atoms with Crippen LogP contribution in [0.4, 0.5) is 0 Å². The van der Waals surface area contributed by atoms with Gasteiger partial charge in [0.1, 0.15) is 12.4 Å². The summed E-state index contributed by atoms with van der Waals surface area (Å²) in [5, 5.41) is 0. The third kappa shape index (κ3) is 4.87. The fourth-order valence-electron chi connectivity index (χ4n) is 2.27. The van der Waals surface area contributed by atoms with Crippen LogP contribution in [0.15, 0.2) is 41.3 Å². The number of benzene rings is 2. The topological polar surface area (TPSA) is 73.9 Å². The first-order chi connectivity index (χ1) is 11.9. The van der Waals surface area contributed by atoms with E-state index < -0.39 is 10.0 Å². The molecule has 25 heavy (non-hydrogen) atoms. The molecule has 0 heterocycles. The van der Waals surface area contributed by atoms with Crippen molar-refractivity contribution in [2.45, 2.75) is 18.7 Å². The minimum absolute atomic E-state index is 0.108. The normalized spacial score (nSPS) is 11.2. The fourth-order valence-corrected chi connectivity index (χ4v) is 3.29. The number of aryl methyl sites for hydroxylation is 2. The molecule has 0 amide bonds. The van der Waals surface area contributed by atoms with E-state index in [1.54, 1.807) is 6.07 Å². The first-order valence-corrected chi connectivity index (χ1v) is 9.27. The van der Waals surface area contributed by atoms with Crippen molar-refractivity contribution in [2.75, 3.05) is 27.4 Å². The average molecular weight is 365 g/mol. The van der Waals surface area contributed by atoms with Gasteiger partial charge in [-0.05, 0) is 43.2 Å². The molecular formula is C18H23NO5S. The number of rotatable bonds is 8. The summed E-state index contributed by atoms with van der Waals surface area (Å²) in [5.41, 5.74) is 2.10. The highest BCUT2D eigenvalue weighted by molar-refractivity contribution is 7.89. The van der Waals surface area contributed by atoms with Gasteiger partial charge in [-0.15, -0.1) is 0 Å². The smallest absolute Gasteiger partial charge is 0.240 e. The van der Waals surface area contributed by atoms with Gasteiger partial charge in [-0.2, -0.15) is 0 Å². The first kappa shape index (κ1) is 19.1. The maximum absolute atomic E-state index is 12.4. The standard InChI is InChI=1S/C18H23NO5S/c1-13-5-6-14(2)17(11-13)24-10-9-19-25(20,21)15-7-8-16(22-3)18(12-15)23-4/h5-8,11-12,19H,9-10H2,1-4H3. The lowest BCUT2D eigenvalue weighted by Crippen LogP contribution is -2.28. The van der Waals surface area contributed by atoms with E-state index in [-0.39, 0.29) is 18.0 Å². The Labute approximate surface area is 148 Å². The van der Waals surface area contributed by atoms with E-state index >= 15 is 0 Å². The summed E-state index contributed by atoms with van der Waals surface area (Å²) < 4.78 is 43.2. The van der Waals surface area contributed by atoms with Crippen molar-refractivity contribution < 1.29 is 22.6 Å². The molecule has 2 aromatic carbocycles. The summed E-state index contributed by atoms with van der Waals surface area (Å²) in [6.07, 6.45) is 0. The molecule has 0 aliphatic heterocycles. The lowest BCUT2D eigenvalue weighted by atomic mass is 10.1. The van der Waals surface area contributed by atoms with E-state index in [1.807, 2.05) is 32.0 Å². The van der Waals surface area contributed by atoms with Crippen LogP contribution in [-0.2, 0) is 10.0 Å². The average Bonchev–Trinajstić information content (AvgIpc) is 2.60. The molecule has 0 fully saturated rings. The van der Waals surface area contributed by atoms with Gasteiger partial charge >= 0.3 is 0 Å². The van der Waals surface area contributed by atoms with Crippen LogP contribution in [0.5, 0.6) is 17.2 Å². The van der Waals surface area contributed by atoms with Gasteiger partial charge in [0.05, 0.1) is 19.1 Å². The highest BCUT2D eigenvalue weighted by Gasteiger charge is 2.16. The van der Waals surface area contributed by atoms with Gasteiger partial charge in [-0.1, -0.05) is 12.1 Å². The summed E-state index contributed by atoms with van der Waals surface area (Å²) in [6.45, 7) is 4.32. The second-order valence-corrected chi connectivity index (χ2v) is 7.30. The van der Waals surface area contributed by atoms with Gasteiger partial charge in [-0.3, -0.25) is 0 Å². The maximum atomic E-state index is 12.4. The molecule has 0 atom stereocenters. The number of ether oxygens (including phenoxy) is 3. The van der Waals surface area contributed by atoms with E-state index in [9.17, 15) is 8.42 Å². The molecule has 0 radical (unpaired) electrons. The summed E-state index contributed by atoms with van der Waals surface area (Å²) >= 11 is 0. The third-order valence-corrected chi connectivity index (χ3v) is 5.12. The van der Waals surface area contributed by atoms with E-state index in [1.165, 1.54) is 26.4 Å². The highest BCUT2D eigenvalue weighted by Crippen LogP contribution is 2.29. The second kappa shape index (κ2) is 8.22. The lowest BCUT2D eigenvalue weighted by Gasteiger charge is -2.12. The number of sulfonamides is 1. The highest BCUT2D eigenvalue weighted by atomic mass is 32.2. The van der Waals surface area contributed by atoms with Crippen LogP contribution in [0, 0.1) is 13.8 Å². The molecule has 0 unspecified atom stereocenters. The van der Waals surface area contributed by atoms with Gasteiger partial charge in [0.25, 0.3) is 0 Å². The van der Waals surface area contributed by atoms with Gasteiger partial charge < -0.3 is 14.2 Å². The molecule has 2 rings (SSSR count). The fraction of sp³-hybridized carbons (Fsp3) is 0.333. The Morgan fingerprint density at radius 2 is 1.64 bits per heavy atom. The zero-order valence-corrected chi connectivity index (χ0v) is 15.6. The molecule has 0 spiro atoms. The van der Waals surface area contributed by atoms with Crippen molar-refractivity contribution in [3.8, 4) is 17.2 Å². The Morgan fingerprint density at radius 1 is 0.920 bits per heavy atom. The molecule has 1 N–H and O–H groups in total. The SMILES string of the molecule is COc1ccc(S(=O)(=O)NCCOc2cc(C)ccc2C)cc1OC. The van der Waals surface area contributed by atoms with Crippen molar-refractivity contribution in [1.29, 1.82) is 0 Å². The number of hydrogen-bond donors (Lipinski definition) is 1.